The van der Waals surface area contributed by atoms with Crippen LogP contribution in [0.2, 0.25) is 0 Å². The molecular formula is C19H22FN3. The Labute approximate surface area is 136 Å². The smallest absolute Gasteiger partial charge is 0.145 e. The zero-order valence-electron chi connectivity index (χ0n) is 13.2. The van der Waals surface area contributed by atoms with Gasteiger partial charge in [-0.3, -0.25) is 14.8 Å². The predicted molar refractivity (Wildman–Crippen MR) is 88.2 cm³/mol. The monoisotopic (exact) mass is 311 g/mol. The maximum atomic E-state index is 13.8. The van der Waals surface area contributed by atoms with E-state index in [0.717, 1.165) is 31.1 Å². The summed E-state index contributed by atoms with van der Waals surface area (Å²) in [6.07, 6.45) is 4.21. The summed E-state index contributed by atoms with van der Waals surface area (Å²) in [5.74, 6) is 0.627. The van der Waals surface area contributed by atoms with E-state index in [0.29, 0.717) is 12.6 Å². The van der Waals surface area contributed by atoms with E-state index in [2.05, 4.69) is 45.1 Å². The van der Waals surface area contributed by atoms with E-state index < -0.39 is 0 Å². The van der Waals surface area contributed by atoms with Crippen LogP contribution in [0.3, 0.4) is 0 Å². The van der Waals surface area contributed by atoms with Crippen LogP contribution in [-0.4, -0.2) is 40.5 Å². The molecule has 3 nitrogen and oxygen atoms in total. The van der Waals surface area contributed by atoms with E-state index in [1.165, 1.54) is 24.7 Å². The fraction of sp³-hybridized carbons (Fsp3) is 0.421. The SMILES string of the molecule is Fc1cnccc1CN1CC[C@@H]2CN(Cc3ccccc3)[C@@H]2C1. The molecule has 2 aliphatic rings. The molecule has 1 aromatic carbocycles. The van der Waals surface area contributed by atoms with Crippen LogP contribution in [0.5, 0.6) is 0 Å². The maximum absolute atomic E-state index is 13.8. The fourth-order valence-electron chi connectivity index (χ4n) is 3.89. The summed E-state index contributed by atoms with van der Waals surface area (Å²) < 4.78 is 13.8. The van der Waals surface area contributed by atoms with Crippen LogP contribution in [0.25, 0.3) is 0 Å². The third-order valence-electron chi connectivity index (χ3n) is 5.22. The first-order valence-corrected chi connectivity index (χ1v) is 8.38. The highest BCUT2D eigenvalue weighted by atomic mass is 19.1. The molecule has 0 bridgehead atoms. The van der Waals surface area contributed by atoms with Crippen molar-refractivity contribution in [3.8, 4) is 0 Å². The maximum Gasteiger partial charge on any atom is 0.145 e. The quantitative estimate of drug-likeness (QED) is 0.865. The van der Waals surface area contributed by atoms with E-state index in [1.807, 2.05) is 0 Å². The van der Waals surface area contributed by atoms with Gasteiger partial charge in [0.1, 0.15) is 5.82 Å². The minimum absolute atomic E-state index is 0.190. The highest BCUT2D eigenvalue weighted by Crippen LogP contribution is 2.34. The van der Waals surface area contributed by atoms with Crippen LogP contribution < -0.4 is 0 Å². The second-order valence-corrected chi connectivity index (χ2v) is 6.73. The van der Waals surface area contributed by atoms with Crippen molar-refractivity contribution in [2.24, 2.45) is 5.92 Å². The Morgan fingerprint density at radius 3 is 2.78 bits per heavy atom. The van der Waals surface area contributed by atoms with Crippen LogP contribution in [0.15, 0.2) is 48.8 Å². The Bertz CT molecular complexity index is 661. The molecule has 23 heavy (non-hydrogen) atoms. The summed E-state index contributed by atoms with van der Waals surface area (Å²) in [6.45, 7) is 5.04. The Morgan fingerprint density at radius 2 is 1.96 bits per heavy atom. The Hall–Kier alpha value is -1.78. The molecule has 0 saturated carbocycles. The number of piperidine rings is 1. The lowest BCUT2D eigenvalue weighted by atomic mass is 9.82. The highest BCUT2D eigenvalue weighted by Gasteiger charge is 2.42. The van der Waals surface area contributed by atoms with Crippen LogP contribution in [-0.2, 0) is 13.1 Å². The Balaban J connectivity index is 1.38. The third-order valence-corrected chi connectivity index (χ3v) is 5.22. The van der Waals surface area contributed by atoms with Crippen molar-refractivity contribution in [1.29, 1.82) is 0 Å². The summed E-state index contributed by atoms with van der Waals surface area (Å²) >= 11 is 0. The fourth-order valence-corrected chi connectivity index (χ4v) is 3.89. The van der Waals surface area contributed by atoms with Crippen LogP contribution in [0.4, 0.5) is 4.39 Å². The van der Waals surface area contributed by atoms with E-state index >= 15 is 0 Å². The van der Waals surface area contributed by atoms with Gasteiger partial charge in [0.05, 0.1) is 6.20 Å². The summed E-state index contributed by atoms with van der Waals surface area (Å²) in [7, 11) is 0. The van der Waals surface area contributed by atoms with E-state index in [4.69, 9.17) is 0 Å². The van der Waals surface area contributed by atoms with Crippen molar-refractivity contribution < 1.29 is 4.39 Å². The summed E-state index contributed by atoms with van der Waals surface area (Å²) in [5.41, 5.74) is 2.13. The van der Waals surface area contributed by atoms with Crippen molar-refractivity contribution in [1.82, 2.24) is 14.8 Å². The zero-order chi connectivity index (χ0) is 15.6. The molecule has 3 heterocycles. The average molecular weight is 311 g/mol. The second kappa shape index (κ2) is 6.38. The normalized spacial score (nSPS) is 24.9. The topological polar surface area (TPSA) is 19.4 Å². The number of hydrogen-bond donors (Lipinski definition) is 0. The van der Waals surface area contributed by atoms with Crippen molar-refractivity contribution >= 4 is 0 Å². The molecule has 2 atom stereocenters. The zero-order valence-corrected chi connectivity index (χ0v) is 13.2. The molecule has 0 aliphatic carbocycles. The molecule has 2 aromatic rings. The van der Waals surface area contributed by atoms with Gasteiger partial charge in [0, 0.05) is 44.0 Å². The van der Waals surface area contributed by atoms with Crippen LogP contribution in [0, 0.1) is 11.7 Å². The molecule has 0 amide bonds. The van der Waals surface area contributed by atoms with Crippen LogP contribution in [0.1, 0.15) is 17.5 Å². The van der Waals surface area contributed by atoms with Gasteiger partial charge in [-0.05, 0) is 30.5 Å². The lowest BCUT2D eigenvalue weighted by molar-refractivity contribution is -0.0516. The Morgan fingerprint density at radius 1 is 1.09 bits per heavy atom. The number of rotatable bonds is 4. The number of pyridine rings is 1. The van der Waals surface area contributed by atoms with Gasteiger partial charge >= 0.3 is 0 Å². The van der Waals surface area contributed by atoms with Gasteiger partial charge in [0.25, 0.3) is 0 Å². The van der Waals surface area contributed by atoms with Crippen molar-refractivity contribution in [3.05, 3.63) is 65.7 Å². The van der Waals surface area contributed by atoms with Gasteiger partial charge in [-0.15, -0.1) is 0 Å². The standard InChI is InChI=1S/C19H22FN3/c20-18-10-21-8-6-16(18)12-22-9-7-17-13-23(19(17)14-22)11-15-4-2-1-3-5-15/h1-6,8,10,17,19H,7,9,11-14H2/t17-,19-/m1/s1. The molecule has 1 aromatic heterocycles. The first-order valence-electron chi connectivity index (χ1n) is 8.38. The van der Waals surface area contributed by atoms with Crippen molar-refractivity contribution in [2.75, 3.05) is 19.6 Å². The highest BCUT2D eigenvalue weighted by molar-refractivity contribution is 5.16. The molecule has 0 N–H and O–H groups in total. The summed E-state index contributed by atoms with van der Waals surface area (Å²) in [6, 6.07) is 13.1. The van der Waals surface area contributed by atoms with Gasteiger partial charge in [-0.1, -0.05) is 30.3 Å². The summed E-state index contributed by atoms with van der Waals surface area (Å²) in [4.78, 5) is 8.78. The molecule has 0 radical (unpaired) electrons. The first-order chi connectivity index (χ1) is 11.3. The molecule has 2 aliphatic heterocycles. The van der Waals surface area contributed by atoms with Gasteiger partial charge in [0.2, 0.25) is 0 Å². The number of nitrogens with zero attached hydrogens (tertiary/aromatic N) is 3. The van der Waals surface area contributed by atoms with Gasteiger partial charge in [-0.2, -0.15) is 0 Å². The van der Waals surface area contributed by atoms with Gasteiger partial charge < -0.3 is 0 Å². The largest absolute Gasteiger partial charge is 0.297 e. The number of likely N-dealkylation sites (tertiary alicyclic amines) is 2. The molecule has 0 unspecified atom stereocenters. The molecule has 2 fully saturated rings. The third kappa shape index (κ3) is 3.14. The van der Waals surface area contributed by atoms with Crippen LogP contribution >= 0.6 is 0 Å². The van der Waals surface area contributed by atoms with E-state index in [9.17, 15) is 4.39 Å². The molecule has 0 spiro atoms. The number of hydrogen-bond acceptors (Lipinski definition) is 3. The molecule has 4 rings (SSSR count). The minimum atomic E-state index is -0.190. The molecule has 2 saturated heterocycles. The first kappa shape index (κ1) is 14.8. The van der Waals surface area contributed by atoms with Crippen molar-refractivity contribution in [2.45, 2.75) is 25.6 Å². The second-order valence-electron chi connectivity index (χ2n) is 6.73. The molecular weight excluding hydrogens is 289 g/mol. The minimum Gasteiger partial charge on any atom is -0.297 e. The van der Waals surface area contributed by atoms with Gasteiger partial charge in [-0.25, -0.2) is 4.39 Å². The lowest BCUT2D eigenvalue weighted by Gasteiger charge is -2.53. The average Bonchev–Trinajstić information content (AvgIpc) is 2.57. The number of aromatic nitrogens is 1. The lowest BCUT2D eigenvalue weighted by Crippen LogP contribution is -2.63. The number of fused-ring (bicyclic) bond motifs is 1. The van der Waals surface area contributed by atoms with Gasteiger partial charge in [0.15, 0.2) is 0 Å². The summed E-state index contributed by atoms with van der Waals surface area (Å²) in [5, 5.41) is 0. The van der Waals surface area contributed by atoms with E-state index in [-0.39, 0.29) is 5.82 Å². The molecule has 4 heteroatoms. The predicted octanol–water partition coefficient (Wildman–Crippen LogP) is 2.93. The van der Waals surface area contributed by atoms with Crippen molar-refractivity contribution in [3.63, 3.8) is 0 Å². The number of halogens is 1. The van der Waals surface area contributed by atoms with E-state index in [1.54, 1.807) is 12.3 Å². The number of benzene rings is 1. The molecule has 120 valence electrons. The Kier molecular flexibility index (Phi) is 4.10.